The van der Waals surface area contributed by atoms with E-state index < -0.39 is 12.5 Å². The van der Waals surface area contributed by atoms with E-state index in [4.69, 9.17) is 9.47 Å². The first-order valence-corrected chi connectivity index (χ1v) is 6.90. The van der Waals surface area contributed by atoms with Crippen molar-refractivity contribution in [3.8, 4) is 17.2 Å². The Kier molecular flexibility index (Phi) is 4.55. The number of hydrazone groups is 1. The molecule has 8 heteroatoms. The highest BCUT2D eigenvalue weighted by Crippen LogP contribution is 2.32. The van der Waals surface area contributed by atoms with E-state index in [1.54, 1.807) is 18.2 Å². The minimum absolute atomic E-state index is 0.0477. The number of fused-ring (bicyclic) bond motifs is 1. The Morgan fingerprint density at radius 3 is 2.67 bits per heavy atom. The van der Waals surface area contributed by atoms with Crippen molar-refractivity contribution >= 4 is 12.1 Å². The fraction of sp³-hybridized carbons (Fsp3) is 0.125. The van der Waals surface area contributed by atoms with Gasteiger partial charge in [-0.05, 0) is 48.0 Å². The average Bonchev–Trinajstić information content (AvgIpc) is 3.03. The molecule has 0 aromatic heterocycles. The Morgan fingerprint density at radius 1 is 1.17 bits per heavy atom. The first kappa shape index (κ1) is 15.7. The molecule has 1 N–H and O–H groups in total. The van der Waals surface area contributed by atoms with Gasteiger partial charge in [0, 0.05) is 5.56 Å². The number of hydrogen-bond donors (Lipinski definition) is 1. The summed E-state index contributed by atoms with van der Waals surface area (Å²) in [6.07, 6.45) is 1.39. The van der Waals surface area contributed by atoms with E-state index in [1.165, 1.54) is 30.5 Å². The standard InChI is InChI=1S/C16H12F2N2O4/c17-16(18)24-12-4-1-10(2-5-12)8-19-20-15(21)11-3-6-13-14(7-11)23-9-22-13/h1-8,16H,9H2,(H,20,21)/b19-8-. The molecule has 0 radical (unpaired) electrons. The molecule has 0 unspecified atom stereocenters. The van der Waals surface area contributed by atoms with Gasteiger partial charge in [0.05, 0.1) is 6.21 Å². The SMILES string of the molecule is O=C(N/N=C\c1ccc(OC(F)F)cc1)c1ccc2c(c1)OCO2. The summed E-state index contributed by atoms with van der Waals surface area (Å²) in [6, 6.07) is 10.6. The lowest BCUT2D eigenvalue weighted by molar-refractivity contribution is -0.0498. The summed E-state index contributed by atoms with van der Waals surface area (Å²) in [6.45, 7) is -2.74. The number of ether oxygens (including phenoxy) is 3. The Labute approximate surface area is 135 Å². The Bertz CT molecular complexity index is 763. The minimum atomic E-state index is -2.87. The van der Waals surface area contributed by atoms with Crippen molar-refractivity contribution in [2.45, 2.75) is 6.61 Å². The fourth-order valence-corrected chi connectivity index (χ4v) is 2.00. The van der Waals surface area contributed by atoms with Gasteiger partial charge >= 0.3 is 6.61 Å². The number of carbonyl (C=O) groups excluding carboxylic acids is 1. The van der Waals surface area contributed by atoms with Crippen LogP contribution in [0.25, 0.3) is 0 Å². The average molecular weight is 334 g/mol. The van der Waals surface area contributed by atoms with Gasteiger partial charge < -0.3 is 14.2 Å². The zero-order chi connectivity index (χ0) is 16.9. The maximum absolute atomic E-state index is 12.0. The molecule has 0 bridgehead atoms. The van der Waals surface area contributed by atoms with Gasteiger partial charge in [0.2, 0.25) is 6.79 Å². The van der Waals surface area contributed by atoms with E-state index >= 15 is 0 Å². The summed E-state index contributed by atoms with van der Waals surface area (Å²) in [7, 11) is 0. The molecular weight excluding hydrogens is 322 g/mol. The van der Waals surface area contributed by atoms with Gasteiger partial charge in [-0.15, -0.1) is 0 Å². The monoisotopic (exact) mass is 334 g/mol. The van der Waals surface area contributed by atoms with Crippen LogP contribution in [0.1, 0.15) is 15.9 Å². The third-order valence-corrected chi connectivity index (χ3v) is 3.12. The largest absolute Gasteiger partial charge is 0.454 e. The number of nitrogens with zero attached hydrogens (tertiary/aromatic N) is 1. The lowest BCUT2D eigenvalue weighted by atomic mass is 10.2. The van der Waals surface area contributed by atoms with E-state index in [2.05, 4.69) is 15.3 Å². The van der Waals surface area contributed by atoms with Crippen molar-refractivity contribution in [1.82, 2.24) is 5.43 Å². The molecule has 6 nitrogen and oxygen atoms in total. The van der Waals surface area contributed by atoms with Gasteiger partial charge in [0.15, 0.2) is 11.5 Å². The van der Waals surface area contributed by atoms with E-state index in [0.29, 0.717) is 22.6 Å². The van der Waals surface area contributed by atoms with E-state index in [-0.39, 0.29) is 12.5 Å². The number of benzene rings is 2. The van der Waals surface area contributed by atoms with Crippen LogP contribution in [0.2, 0.25) is 0 Å². The van der Waals surface area contributed by atoms with Gasteiger partial charge in [-0.2, -0.15) is 13.9 Å². The third kappa shape index (κ3) is 3.78. The summed E-state index contributed by atoms with van der Waals surface area (Å²) in [5.41, 5.74) is 3.35. The number of rotatable bonds is 5. The number of alkyl halides is 2. The number of hydrogen-bond acceptors (Lipinski definition) is 5. The van der Waals surface area contributed by atoms with Crippen LogP contribution in [-0.4, -0.2) is 25.5 Å². The zero-order valence-electron chi connectivity index (χ0n) is 12.2. The topological polar surface area (TPSA) is 69.2 Å². The number of carbonyl (C=O) groups is 1. The third-order valence-electron chi connectivity index (χ3n) is 3.12. The summed E-state index contributed by atoms with van der Waals surface area (Å²) >= 11 is 0. The molecule has 2 aromatic carbocycles. The molecule has 1 aliphatic heterocycles. The van der Waals surface area contributed by atoms with Crippen LogP contribution in [0, 0.1) is 0 Å². The van der Waals surface area contributed by atoms with Gasteiger partial charge in [-0.1, -0.05) is 0 Å². The second-order valence-electron chi connectivity index (χ2n) is 4.71. The van der Waals surface area contributed by atoms with Crippen molar-refractivity contribution < 1.29 is 27.8 Å². The molecule has 24 heavy (non-hydrogen) atoms. The second-order valence-corrected chi connectivity index (χ2v) is 4.71. The predicted octanol–water partition coefficient (Wildman–Crippen LogP) is 2.78. The van der Waals surface area contributed by atoms with E-state index in [1.807, 2.05) is 0 Å². The van der Waals surface area contributed by atoms with E-state index in [0.717, 1.165) is 0 Å². The Balaban J connectivity index is 1.58. The van der Waals surface area contributed by atoms with Crippen molar-refractivity contribution in [2.75, 3.05) is 6.79 Å². The van der Waals surface area contributed by atoms with Crippen LogP contribution < -0.4 is 19.6 Å². The molecule has 0 spiro atoms. The van der Waals surface area contributed by atoms with Crippen molar-refractivity contribution in [1.29, 1.82) is 0 Å². The molecule has 1 amide bonds. The van der Waals surface area contributed by atoms with Gasteiger partial charge in [0.1, 0.15) is 5.75 Å². The van der Waals surface area contributed by atoms with Gasteiger partial charge in [-0.25, -0.2) is 5.43 Å². The molecule has 124 valence electrons. The summed E-state index contributed by atoms with van der Waals surface area (Å²) in [4.78, 5) is 12.0. The highest BCUT2D eigenvalue weighted by Gasteiger charge is 2.15. The highest BCUT2D eigenvalue weighted by atomic mass is 19.3. The maximum atomic E-state index is 12.0. The summed E-state index contributed by atoms with van der Waals surface area (Å²) < 4.78 is 38.7. The molecule has 0 atom stereocenters. The van der Waals surface area contributed by atoms with Crippen LogP contribution in [0.15, 0.2) is 47.6 Å². The van der Waals surface area contributed by atoms with E-state index in [9.17, 15) is 13.6 Å². The van der Waals surface area contributed by atoms with Crippen LogP contribution in [0.4, 0.5) is 8.78 Å². The number of amides is 1. The first-order valence-electron chi connectivity index (χ1n) is 6.90. The molecule has 3 rings (SSSR count). The first-order chi connectivity index (χ1) is 11.6. The second kappa shape index (κ2) is 6.95. The number of halogens is 2. The molecule has 2 aromatic rings. The van der Waals surface area contributed by atoms with Crippen molar-refractivity contribution in [2.24, 2.45) is 5.10 Å². The Hall–Kier alpha value is -3.16. The van der Waals surface area contributed by atoms with Crippen LogP contribution in [0.3, 0.4) is 0 Å². The maximum Gasteiger partial charge on any atom is 0.387 e. The van der Waals surface area contributed by atoms with Crippen LogP contribution >= 0.6 is 0 Å². The molecule has 0 aliphatic carbocycles. The summed E-state index contributed by atoms with van der Waals surface area (Å²) in [5, 5.41) is 3.82. The smallest absolute Gasteiger partial charge is 0.387 e. The Morgan fingerprint density at radius 2 is 1.92 bits per heavy atom. The summed E-state index contributed by atoms with van der Waals surface area (Å²) in [5.74, 6) is 0.719. The van der Waals surface area contributed by atoms with Crippen LogP contribution in [0.5, 0.6) is 17.2 Å². The molecule has 1 aliphatic rings. The zero-order valence-corrected chi connectivity index (χ0v) is 12.2. The molecule has 0 saturated carbocycles. The van der Waals surface area contributed by atoms with Gasteiger partial charge in [0.25, 0.3) is 5.91 Å². The molecule has 0 fully saturated rings. The van der Waals surface area contributed by atoms with Crippen molar-refractivity contribution in [3.05, 3.63) is 53.6 Å². The normalized spacial score (nSPS) is 12.6. The van der Waals surface area contributed by atoms with Gasteiger partial charge in [-0.3, -0.25) is 4.79 Å². The fourth-order valence-electron chi connectivity index (χ4n) is 2.00. The van der Waals surface area contributed by atoms with Crippen molar-refractivity contribution in [3.63, 3.8) is 0 Å². The molecule has 1 heterocycles. The number of nitrogens with one attached hydrogen (secondary N) is 1. The molecular formula is C16H12F2N2O4. The predicted molar refractivity (Wildman–Crippen MR) is 80.7 cm³/mol. The quantitative estimate of drug-likeness (QED) is 0.674. The lowest BCUT2D eigenvalue weighted by Crippen LogP contribution is -2.17. The lowest BCUT2D eigenvalue weighted by Gasteiger charge is -2.04. The highest BCUT2D eigenvalue weighted by molar-refractivity contribution is 5.95. The minimum Gasteiger partial charge on any atom is -0.454 e. The van der Waals surface area contributed by atoms with Crippen LogP contribution in [-0.2, 0) is 0 Å². The molecule has 0 saturated heterocycles.